The van der Waals surface area contributed by atoms with Gasteiger partial charge in [0.1, 0.15) is 16.5 Å². The van der Waals surface area contributed by atoms with Crippen LogP contribution in [-0.2, 0) is 14.8 Å². The van der Waals surface area contributed by atoms with Crippen molar-refractivity contribution in [2.24, 2.45) is 0 Å². The fraction of sp³-hybridized carbons (Fsp3) is 0.364. The number of hydrogen-bond donors (Lipinski definition) is 1. The lowest BCUT2D eigenvalue weighted by Crippen LogP contribution is -2.29. The Bertz CT molecular complexity index is 574. The smallest absolute Gasteiger partial charge is 0.303 e. The van der Waals surface area contributed by atoms with Gasteiger partial charge in [0.15, 0.2) is 0 Å². The number of hydrogen-bond acceptors (Lipinski definition) is 3. The zero-order chi connectivity index (χ0) is 14.6. The van der Waals surface area contributed by atoms with Crippen molar-refractivity contribution in [2.75, 3.05) is 13.6 Å². The third-order valence-corrected chi connectivity index (χ3v) is 4.34. The van der Waals surface area contributed by atoms with E-state index in [4.69, 9.17) is 5.11 Å². The summed E-state index contributed by atoms with van der Waals surface area (Å²) in [5, 5.41) is 8.45. The van der Waals surface area contributed by atoms with Crippen molar-refractivity contribution in [3.63, 3.8) is 0 Å². The average molecular weight is 293 g/mol. The first kappa shape index (κ1) is 15.5. The minimum Gasteiger partial charge on any atom is -0.481 e. The molecule has 0 saturated heterocycles. The minimum atomic E-state index is -4.09. The molecule has 5 nitrogen and oxygen atoms in total. The van der Waals surface area contributed by atoms with Gasteiger partial charge >= 0.3 is 5.97 Å². The molecule has 0 saturated carbocycles. The second-order valence-corrected chi connectivity index (χ2v) is 5.91. The maximum Gasteiger partial charge on any atom is 0.303 e. The van der Waals surface area contributed by atoms with Crippen molar-refractivity contribution in [3.05, 3.63) is 29.8 Å². The van der Waals surface area contributed by atoms with Crippen LogP contribution in [0.25, 0.3) is 0 Å². The lowest BCUT2D eigenvalue weighted by molar-refractivity contribution is -0.137. The summed E-state index contributed by atoms with van der Waals surface area (Å²) in [6.07, 6.45) is -0.0837. The Labute approximate surface area is 109 Å². The Morgan fingerprint density at radius 2 is 2.00 bits per heavy atom. The van der Waals surface area contributed by atoms with Gasteiger partial charge < -0.3 is 5.11 Å². The number of carbonyl (C=O) groups is 1. The van der Waals surface area contributed by atoms with Crippen molar-refractivity contribution in [2.45, 2.75) is 17.7 Å². The molecule has 0 radical (unpaired) electrons. The van der Waals surface area contributed by atoms with Gasteiger partial charge in [-0.3, -0.25) is 4.79 Å². The van der Waals surface area contributed by atoms with E-state index in [-0.39, 0.29) is 19.4 Å². The molecular weight excluding hydrogens is 280 g/mol. The highest BCUT2D eigenvalue weighted by Gasteiger charge is 2.24. The van der Waals surface area contributed by atoms with E-state index in [0.29, 0.717) is 6.07 Å². The summed E-state index contributed by atoms with van der Waals surface area (Å²) in [5.41, 5.74) is 0. The fourth-order valence-corrected chi connectivity index (χ4v) is 2.68. The third kappa shape index (κ3) is 3.97. The predicted molar refractivity (Wildman–Crippen MR) is 63.0 cm³/mol. The molecule has 0 aliphatic carbocycles. The molecule has 106 valence electrons. The maximum atomic E-state index is 13.4. The summed E-state index contributed by atoms with van der Waals surface area (Å²) in [6.45, 7) is -0.0640. The zero-order valence-electron chi connectivity index (χ0n) is 10.1. The van der Waals surface area contributed by atoms with Gasteiger partial charge in [0.05, 0.1) is 0 Å². The van der Waals surface area contributed by atoms with Crippen molar-refractivity contribution >= 4 is 16.0 Å². The first-order chi connectivity index (χ1) is 8.75. The van der Waals surface area contributed by atoms with Crippen LogP contribution >= 0.6 is 0 Å². The normalized spacial score (nSPS) is 11.8. The molecule has 0 fully saturated rings. The van der Waals surface area contributed by atoms with Crippen molar-refractivity contribution in [3.8, 4) is 0 Å². The Morgan fingerprint density at radius 1 is 1.37 bits per heavy atom. The van der Waals surface area contributed by atoms with Crippen LogP contribution in [0.1, 0.15) is 12.8 Å². The molecule has 1 aromatic rings. The molecule has 0 aliphatic heterocycles. The average Bonchev–Trinajstić information content (AvgIpc) is 2.27. The molecule has 0 aromatic heterocycles. The first-order valence-electron chi connectivity index (χ1n) is 5.38. The van der Waals surface area contributed by atoms with Crippen LogP contribution in [0.5, 0.6) is 0 Å². The Morgan fingerprint density at radius 3 is 2.53 bits per heavy atom. The quantitative estimate of drug-likeness (QED) is 0.861. The minimum absolute atomic E-state index is 0.0640. The van der Waals surface area contributed by atoms with Gasteiger partial charge in [0.2, 0.25) is 10.0 Å². The largest absolute Gasteiger partial charge is 0.481 e. The Hall–Kier alpha value is -1.54. The van der Waals surface area contributed by atoms with Crippen LogP contribution < -0.4 is 0 Å². The number of halogens is 2. The van der Waals surface area contributed by atoms with Gasteiger partial charge in [0, 0.05) is 26.1 Å². The highest BCUT2D eigenvalue weighted by molar-refractivity contribution is 7.89. The summed E-state index contributed by atoms with van der Waals surface area (Å²) in [6, 6.07) is 2.17. The van der Waals surface area contributed by atoms with Crippen molar-refractivity contribution in [1.82, 2.24) is 4.31 Å². The van der Waals surface area contributed by atoms with Crippen molar-refractivity contribution in [1.29, 1.82) is 0 Å². The second kappa shape index (κ2) is 6.07. The molecule has 0 unspecified atom stereocenters. The van der Waals surface area contributed by atoms with Crippen LogP contribution in [0.2, 0.25) is 0 Å². The number of carboxylic acid groups (broad SMARTS) is 1. The van der Waals surface area contributed by atoms with Crippen LogP contribution in [0.15, 0.2) is 23.1 Å². The highest BCUT2D eigenvalue weighted by Crippen LogP contribution is 2.19. The third-order valence-electron chi connectivity index (χ3n) is 2.45. The first-order valence-corrected chi connectivity index (χ1v) is 6.82. The standard InChI is InChI=1S/C11H13F2NO4S/c1-14(6-2-3-11(15)16)19(17,18)10-5-4-8(12)7-9(10)13/h4-5,7H,2-3,6H2,1H3,(H,15,16). The lowest BCUT2D eigenvalue weighted by atomic mass is 10.3. The van der Waals surface area contributed by atoms with E-state index in [1.807, 2.05) is 0 Å². The van der Waals surface area contributed by atoms with Gasteiger partial charge in [-0.15, -0.1) is 0 Å². The van der Waals surface area contributed by atoms with Crippen LogP contribution in [-0.4, -0.2) is 37.4 Å². The van der Waals surface area contributed by atoms with E-state index in [0.717, 1.165) is 16.4 Å². The van der Waals surface area contributed by atoms with Crippen LogP contribution in [0, 0.1) is 11.6 Å². The summed E-state index contributed by atoms with van der Waals surface area (Å²) >= 11 is 0. The van der Waals surface area contributed by atoms with Crippen LogP contribution in [0.4, 0.5) is 8.78 Å². The van der Waals surface area contributed by atoms with Gasteiger partial charge in [-0.1, -0.05) is 0 Å². The summed E-state index contributed by atoms with van der Waals surface area (Å²) in [4.78, 5) is 9.69. The van der Waals surface area contributed by atoms with E-state index in [9.17, 15) is 22.0 Å². The van der Waals surface area contributed by atoms with Crippen molar-refractivity contribution < 1.29 is 27.1 Å². The molecule has 0 atom stereocenters. The number of nitrogens with zero attached hydrogens (tertiary/aromatic N) is 1. The van der Waals surface area contributed by atoms with E-state index in [2.05, 4.69) is 0 Å². The molecule has 0 amide bonds. The topological polar surface area (TPSA) is 74.7 Å². The number of aliphatic carboxylic acids is 1. The molecule has 19 heavy (non-hydrogen) atoms. The molecule has 8 heteroatoms. The monoisotopic (exact) mass is 293 g/mol. The van der Waals surface area contributed by atoms with Crippen LogP contribution in [0.3, 0.4) is 0 Å². The Kier molecular flexibility index (Phi) is 4.96. The van der Waals surface area contributed by atoms with Gasteiger partial charge in [-0.25, -0.2) is 21.5 Å². The summed E-state index contributed by atoms with van der Waals surface area (Å²) in [7, 11) is -2.88. The summed E-state index contributed by atoms with van der Waals surface area (Å²) in [5.74, 6) is -3.09. The number of benzene rings is 1. The van der Waals surface area contributed by atoms with E-state index < -0.39 is 32.5 Å². The van der Waals surface area contributed by atoms with Gasteiger partial charge in [-0.05, 0) is 18.6 Å². The molecule has 0 aliphatic rings. The van der Waals surface area contributed by atoms with E-state index >= 15 is 0 Å². The molecule has 1 N–H and O–H groups in total. The van der Waals surface area contributed by atoms with Gasteiger partial charge in [0.25, 0.3) is 0 Å². The second-order valence-electron chi connectivity index (χ2n) is 3.90. The number of sulfonamides is 1. The number of rotatable bonds is 6. The highest BCUT2D eigenvalue weighted by atomic mass is 32.2. The summed E-state index contributed by atoms with van der Waals surface area (Å²) < 4.78 is 50.9. The Balaban J connectivity index is 2.87. The lowest BCUT2D eigenvalue weighted by Gasteiger charge is -2.17. The number of carboxylic acids is 1. The molecule has 1 rings (SSSR count). The SMILES string of the molecule is CN(CCCC(=O)O)S(=O)(=O)c1ccc(F)cc1F. The fourth-order valence-electron chi connectivity index (χ4n) is 1.43. The molecule has 0 heterocycles. The zero-order valence-corrected chi connectivity index (χ0v) is 11.0. The molecule has 0 bridgehead atoms. The van der Waals surface area contributed by atoms with E-state index in [1.165, 1.54) is 7.05 Å². The van der Waals surface area contributed by atoms with Gasteiger partial charge in [-0.2, -0.15) is 0 Å². The predicted octanol–water partition coefficient (Wildman–Crippen LogP) is 1.45. The molecule has 1 aromatic carbocycles. The molecule has 0 spiro atoms. The molecular formula is C11H13F2NO4S. The van der Waals surface area contributed by atoms with E-state index in [1.54, 1.807) is 0 Å². The maximum absolute atomic E-state index is 13.4.